The van der Waals surface area contributed by atoms with Gasteiger partial charge in [-0.15, -0.1) is 0 Å². The summed E-state index contributed by atoms with van der Waals surface area (Å²) in [6, 6.07) is 2.40. The minimum Gasteiger partial charge on any atom is -0.490 e. The van der Waals surface area contributed by atoms with Crippen molar-refractivity contribution in [1.82, 2.24) is 0 Å². The molecule has 0 heterocycles. The molecule has 0 saturated heterocycles. The third-order valence-electron chi connectivity index (χ3n) is 2.76. The van der Waals surface area contributed by atoms with E-state index in [9.17, 15) is 8.42 Å². The number of ether oxygens (including phenoxy) is 2. The topological polar surface area (TPSA) is 52.6 Å². The van der Waals surface area contributed by atoms with E-state index >= 15 is 0 Å². The minimum absolute atomic E-state index is 0.0898. The molecule has 0 aliphatic rings. The fourth-order valence-electron chi connectivity index (χ4n) is 1.32. The first-order valence-electron chi connectivity index (χ1n) is 5.68. The maximum atomic E-state index is 11.2. The van der Waals surface area contributed by atoms with Crippen LogP contribution in [0.15, 0.2) is 17.0 Å². The zero-order chi connectivity index (χ0) is 15.6. The van der Waals surface area contributed by atoms with Crippen LogP contribution >= 0.6 is 33.9 Å². The Kier molecular flexibility index (Phi) is 5.99. The van der Waals surface area contributed by atoms with E-state index in [2.05, 4.69) is 0 Å². The summed E-state index contributed by atoms with van der Waals surface area (Å²) in [5, 5.41) is 0.180. The van der Waals surface area contributed by atoms with Gasteiger partial charge in [-0.1, -0.05) is 23.2 Å². The lowest BCUT2D eigenvalue weighted by Crippen LogP contribution is -2.25. The number of hydrogen-bond acceptors (Lipinski definition) is 4. The second-order valence-corrected chi connectivity index (χ2v) is 8.10. The van der Waals surface area contributed by atoms with E-state index in [0.717, 1.165) is 0 Å². The Morgan fingerprint density at radius 1 is 1.20 bits per heavy atom. The van der Waals surface area contributed by atoms with E-state index in [1.807, 2.05) is 13.8 Å². The van der Waals surface area contributed by atoms with Gasteiger partial charge in [-0.3, -0.25) is 0 Å². The second kappa shape index (κ2) is 6.71. The molecule has 0 aliphatic heterocycles. The number of methoxy groups -OCH3 is 1. The molecule has 0 fully saturated rings. The molecule has 0 aliphatic carbocycles. The van der Waals surface area contributed by atoms with Crippen LogP contribution < -0.4 is 4.74 Å². The van der Waals surface area contributed by atoms with Crippen molar-refractivity contribution in [2.24, 2.45) is 0 Å². The Morgan fingerprint density at radius 3 is 2.10 bits per heavy atom. The molecule has 1 aromatic rings. The first-order chi connectivity index (χ1) is 9.07. The van der Waals surface area contributed by atoms with Crippen molar-refractivity contribution in [3.8, 4) is 5.75 Å². The second-order valence-electron chi connectivity index (χ2n) is 4.72. The van der Waals surface area contributed by atoms with Crippen LogP contribution in [0.4, 0.5) is 0 Å². The summed E-state index contributed by atoms with van der Waals surface area (Å²) in [5.74, 6) is 0.226. The Bertz CT molecular complexity index is 561. The van der Waals surface area contributed by atoms with Crippen molar-refractivity contribution in [2.75, 3.05) is 13.7 Å². The van der Waals surface area contributed by atoms with Crippen LogP contribution in [-0.2, 0) is 13.8 Å². The summed E-state index contributed by atoms with van der Waals surface area (Å²) in [5.41, 5.74) is -0.335. The molecule has 1 aromatic carbocycles. The average molecular weight is 362 g/mol. The third-order valence-corrected chi connectivity index (χ3v) is 4.65. The SMILES string of the molecule is COC(C)(C)CCOc1c(Cl)cc(S(=O)(=O)Cl)cc1Cl. The predicted molar refractivity (Wildman–Crippen MR) is 80.7 cm³/mol. The predicted octanol–water partition coefficient (Wildman–Crippen LogP) is 4.11. The van der Waals surface area contributed by atoms with Crippen molar-refractivity contribution < 1.29 is 17.9 Å². The number of hydrogen-bond donors (Lipinski definition) is 0. The van der Waals surface area contributed by atoms with Crippen LogP contribution in [0.1, 0.15) is 20.3 Å². The molecule has 1 rings (SSSR count). The maximum Gasteiger partial charge on any atom is 0.261 e. The number of benzene rings is 1. The van der Waals surface area contributed by atoms with Gasteiger partial charge in [0.1, 0.15) is 0 Å². The lowest BCUT2D eigenvalue weighted by molar-refractivity contribution is 0.00546. The highest BCUT2D eigenvalue weighted by Gasteiger charge is 2.19. The van der Waals surface area contributed by atoms with Crippen LogP contribution in [0.25, 0.3) is 0 Å². The first-order valence-corrected chi connectivity index (χ1v) is 8.75. The fourth-order valence-corrected chi connectivity index (χ4v) is 2.83. The van der Waals surface area contributed by atoms with E-state index in [1.54, 1.807) is 7.11 Å². The van der Waals surface area contributed by atoms with Crippen LogP contribution in [0.3, 0.4) is 0 Å². The summed E-state index contributed by atoms with van der Waals surface area (Å²) >= 11 is 11.9. The van der Waals surface area contributed by atoms with Gasteiger partial charge in [0.25, 0.3) is 9.05 Å². The molecule has 0 aromatic heterocycles. The van der Waals surface area contributed by atoms with E-state index in [1.165, 1.54) is 12.1 Å². The molecule has 114 valence electrons. The molecule has 8 heteroatoms. The molecule has 0 N–H and O–H groups in total. The average Bonchev–Trinajstić information content (AvgIpc) is 2.31. The van der Waals surface area contributed by atoms with Crippen LogP contribution in [-0.4, -0.2) is 27.7 Å². The Balaban J connectivity index is 2.88. The molecule has 0 radical (unpaired) electrons. The highest BCUT2D eigenvalue weighted by atomic mass is 35.7. The summed E-state index contributed by atoms with van der Waals surface area (Å²) < 4.78 is 33.2. The maximum absolute atomic E-state index is 11.2. The van der Waals surface area contributed by atoms with Gasteiger partial charge < -0.3 is 9.47 Å². The van der Waals surface area contributed by atoms with Crippen LogP contribution in [0, 0.1) is 0 Å². The van der Waals surface area contributed by atoms with Crippen LogP contribution in [0.5, 0.6) is 5.75 Å². The third kappa shape index (κ3) is 4.97. The van der Waals surface area contributed by atoms with E-state index < -0.39 is 9.05 Å². The Labute approximate surface area is 133 Å². The summed E-state index contributed by atoms with van der Waals surface area (Å²) in [6.45, 7) is 4.17. The zero-order valence-electron chi connectivity index (χ0n) is 11.2. The molecular formula is C12H15Cl3O4S. The molecule has 0 atom stereocenters. The molecule has 0 bridgehead atoms. The lowest BCUT2D eigenvalue weighted by atomic mass is 10.1. The summed E-state index contributed by atoms with van der Waals surface area (Å²) in [7, 11) is 2.96. The van der Waals surface area contributed by atoms with Gasteiger partial charge >= 0.3 is 0 Å². The van der Waals surface area contributed by atoms with Gasteiger partial charge in [0, 0.05) is 24.2 Å². The normalized spacial score (nSPS) is 12.5. The van der Waals surface area contributed by atoms with Gasteiger partial charge in [-0.2, -0.15) is 0 Å². The van der Waals surface area contributed by atoms with Crippen molar-refractivity contribution in [3.63, 3.8) is 0 Å². The van der Waals surface area contributed by atoms with Gasteiger partial charge in [-0.05, 0) is 26.0 Å². The largest absolute Gasteiger partial charge is 0.490 e. The van der Waals surface area contributed by atoms with Crippen molar-refractivity contribution >= 4 is 42.9 Å². The molecule has 0 saturated carbocycles. The molecule has 20 heavy (non-hydrogen) atoms. The number of rotatable bonds is 6. The van der Waals surface area contributed by atoms with Crippen molar-refractivity contribution in [2.45, 2.75) is 30.8 Å². The highest BCUT2D eigenvalue weighted by molar-refractivity contribution is 8.13. The molecule has 0 unspecified atom stereocenters. The highest BCUT2D eigenvalue weighted by Crippen LogP contribution is 2.36. The fraction of sp³-hybridized carbons (Fsp3) is 0.500. The van der Waals surface area contributed by atoms with Crippen LogP contribution in [0.2, 0.25) is 10.0 Å². The molecular weight excluding hydrogens is 347 g/mol. The monoisotopic (exact) mass is 360 g/mol. The summed E-state index contributed by atoms with van der Waals surface area (Å²) in [4.78, 5) is -0.168. The van der Waals surface area contributed by atoms with Gasteiger partial charge in [0.15, 0.2) is 5.75 Å². The molecule has 0 spiro atoms. The number of halogens is 3. The standard InChI is InChI=1S/C12H15Cl3O4S/c1-12(2,18-3)4-5-19-11-9(13)6-8(7-10(11)14)20(15,16)17/h6-7H,4-5H2,1-3H3. The lowest BCUT2D eigenvalue weighted by Gasteiger charge is -2.23. The van der Waals surface area contributed by atoms with Gasteiger partial charge in [0.05, 0.1) is 27.1 Å². The smallest absolute Gasteiger partial charge is 0.261 e. The van der Waals surface area contributed by atoms with E-state index in [0.29, 0.717) is 13.0 Å². The van der Waals surface area contributed by atoms with E-state index in [-0.39, 0.29) is 26.3 Å². The Morgan fingerprint density at radius 2 is 1.70 bits per heavy atom. The van der Waals surface area contributed by atoms with Crippen molar-refractivity contribution in [3.05, 3.63) is 22.2 Å². The Hall–Kier alpha value is -0.200. The molecule has 4 nitrogen and oxygen atoms in total. The van der Waals surface area contributed by atoms with E-state index in [4.69, 9.17) is 43.4 Å². The molecule has 0 amide bonds. The minimum atomic E-state index is -3.88. The van der Waals surface area contributed by atoms with Gasteiger partial charge in [-0.25, -0.2) is 8.42 Å². The first kappa shape index (κ1) is 17.9. The zero-order valence-corrected chi connectivity index (χ0v) is 14.3. The quantitative estimate of drug-likeness (QED) is 0.715. The van der Waals surface area contributed by atoms with Crippen molar-refractivity contribution in [1.29, 1.82) is 0 Å². The van der Waals surface area contributed by atoms with Gasteiger partial charge in [0.2, 0.25) is 0 Å². The summed E-state index contributed by atoms with van der Waals surface area (Å²) in [6.07, 6.45) is 0.617.